The summed E-state index contributed by atoms with van der Waals surface area (Å²) in [6.07, 6.45) is 1.28. The van der Waals surface area contributed by atoms with E-state index in [1.54, 1.807) is 22.3 Å². The molecule has 0 saturated carbocycles. The van der Waals surface area contributed by atoms with Crippen molar-refractivity contribution in [1.29, 1.82) is 0 Å². The van der Waals surface area contributed by atoms with E-state index in [2.05, 4.69) is 49.9 Å². The molecule has 1 aromatic rings. The smallest absolute Gasteiger partial charge is 0.00950 e. The minimum Gasteiger partial charge on any atom is -0.303 e. The summed E-state index contributed by atoms with van der Waals surface area (Å²) < 4.78 is 0. The lowest BCUT2D eigenvalue weighted by molar-refractivity contribution is 0.288. The van der Waals surface area contributed by atoms with Crippen LogP contribution in [-0.4, -0.2) is 24.5 Å². The van der Waals surface area contributed by atoms with Gasteiger partial charge in [-0.15, -0.1) is 0 Å². The van der Waals surface area contributed by atoms with E-state index in [4.69, 9.17) is 0 Å². The van der Waals surface area contributed by atoms with Crippen LogP contribution in [0.5, 0.6) is 0 Å². The maximum Gasteiger partial charge on any atom is 0.00950 e. The summed E-state index contributed by atoms with van der Waals surface area (Å²) in [5, 5.41) is 0. The van der Waals surface area contributed by atoms with E-state index < -0.39 is 0 Å². The van der Waals surface area contributed by atoms with Gasteiger partial charge in [0, 0.05) is 24.9 Å². The molecule has 1 nitrogen and oxygen atoms in total. The summed E-state index contributed by atoms with van der Waals surface area (Å²) in [4.78, 5) is 2.72. The third kappa shape index (κ3) is 1.53. The van der Waals surface area contributed by atoms with Crippen LogP contribution in [0.3, 0.4) is 0 Å². The van der Waals surface area contributed by atoms with Crippen molar-refractivity contribution >= 4 is 0 Å². The molecule has 0 amide bonds. The second-order valence-corrected chi connectivity index (χ2v) is 7.04. The quantitative estimate of drug-likeness (QED) is 0.727. The van der Waals surface area contributed by atoms with Gasteiger partial charge in [-0.2, -0.15) is 0 Å². The first-order chi connectivity index (χ1) is 9.72. The highest BCUT2D eigenvalue weighted by Gasteiger charge is 2.51. The number of likely N-dealkylation sites (tertiary alicyclic amines) is 1. The average Bonchev–Trinajstić information content (AvgIpc) is 2.86. The van der Waals surface area contributed by atoms with Gasteiger partial charge < -0.3 is 4.90 Å². The molecule has 3 aliphatic carbocycles. The van der Waals surface area contributed by atoms with Crippen molar-refractivity contribution in [3.8, 4) is 0 Å². The fourth-order valence-electron chi connectivity index (χ4n) is 5.28. The zero-order valence-corrected chi connectivity index (χ0v) is 12.9. The van der Waals surface area contributed by atoms with Crippen LogP contribution in [0.2, 0.25) is 0 Å². The molecule has 5 rings (SSSR count). The van der Waals surface area contributed by atoms with Gasteiger partial charge in [0.25, 0.3) is 0 Å². The molecule has 4 aliphatic rings. The third-order valence-corrected chi connectivity index (χ3v) is 6.11. The van der Waals surface area contributed by atoms with Crippen molar-refractivity contribution in [2.24, 2.45) is 11.8 Å². The Morgan fingerprint density at radius 1 is 0.950 bits per heavy atom. The molecule has 20 heavy (non-hydrogen) atoms. The molecular weight excluding hydrogens is 242 g/mol. The Morgan fingerprint density at radius 2 is 1.45 bits per heavy atom. The van der Waals surface area contributed by atoms with Crippen LogP contribution >= 0.6 is 0 Å². The molecule has 1 fully saturated rings. The summed E-state index contributed by atoms with van der Waals surface area (Å²) in [6, 6.07) is 9.25. The van der Waals surface area contributed by atoms with Crippen molar-refractivity contribution in [3.05, 3.63) is 46.5 Å². The SMILES string of the molecule is CCCN1C[C@@H]2[C@H](C1)[C@@H]1C(C)=C(C)[C@H]2c2ccccc21. The van der Waals surface area contributed by atoms with Crippen molar-refractivity contribution < 1.29 is 0 Å². The van der Waals surface area contributed by atoms with Gasteiger partial charge in [-0.1, -0.05) is 42.3 Å². The number of rotatable bonds is 2. The Bertz CT molecular complexity index is 524. The Balaban J connectivity index is 1.80. The lowest BCUT2D eigenvalue weighted by atomic mass is 9.56. The lowest BCUT2D eigenvalue weighted by Gasteiger charge is -2.48. The molecule has 2 bridgehead atoms. The monoisotopic (exact) mass is 267 g/mol. The van der Waals surface area contributed by atoms with Gasteiger partial charge in [-0.3, -0.25) is 0 Å². The number of allylic oxidation sites excluding steroid dienone is 2. The van der Waals surface area contributed by atoms with Crippen LogP contribution in [-0.2, 0) is 0 Å². The molecule has 4 atom stereocenters. The van der Waals surface area contributed by atoms with Crippen LogP contribution in [0.15, 0.2) is 35.4 Å². The van der Waals surface area contributed by atoms with Crippen LogP contribution < -0.4 is 0 Å². The van der Waals surface area contributed by atoms with Crippen molar-refractivity contribution in [3.63, 3.8) is 0 Å². The summed E-state index contributed by atoms with van der Waals surface area (Å²) in [5.41, 5.74) is 6.63. The Kier molecular flexibility index (Phi) is 2.82. The van der Waals surface area contributed by atoms with Crippen molar-refractivity contribution in [2.75, 3.05) is 19.6 Å². The minimum atomic E-state index is 0.697. The molecule has 0 unspecified atom stereocenters. The molecule has 0 N–H and O–H groups in total. The van der Waals surface area contributed by atoms with Gasteiger partial charge in [0.2, 0.25) is 0 Å². The van der Waals surface area contributed by atoms with Gasteiger partial charge >= 0.3 is 0 Å². The molecule has 1 aromatic carbocycles. The van der Waals surface area contributed by atoms with E-state index in [1.165, 1.54) is 26.1 Å². The maximum absolute atomic E-state index is 2.72. The zero-order chi connectivity index (χ0) is 13.9. The molecule has 0 aromatic heterocycles. The molecule has 0 radical (unpaired) electrons. The standard InChI is InChI=1S/C19H25N/c1-4-9-20-10-16-17(11-20)19-13(3)12(2)18(16)14-7-5-6-8-15(14)19/h5-8,16-19H,4,9-11H2,1-3H3/t16-,17+,18+,19-. The summed E-state index contributed by atoms with van der Waals surface area (Å²) in [7, 11) is 0. The van der Waals surface area contributed by atoms with Gasteiger partial charge in [0.15, 0.2) is 0 Å². The van der Waals surface area contributed by atoms with Gasteiger partial charge in [0.1, 0.15) is 0 Å². The first kappa shape index (κ1) is 12.6. The third-order valence-electron chi connectivity index (χ3n) is 6.11. The van der Waals surface area contributed by atoms with Crippen LogP contribution in [0.25, 0.3) is 0 Å². The zero-order valence-electron chi connectivity index (χ0n) is 12.9. The Morgan fingerprint density at radius 3 is 1.90 bits per heavy atom. The van der Waals surface area contributed by atoms with Gasteiger partial charge in [-0.25, -0.2) is 0 Å². The number of hydrogen-bond acceptors (Lipinski definition) is 1. The van der Waals surface area contributed by atoms with Crippen molar-refractivity contribution in [1.82, 2.24) is 4.90 Å². The van der Waals surface area contributed by atoms with Gasteiger partial charge in [0.05, 0.1) is 0 Å². The highest BCUT2D eigenvalue weighted by molar-refractivity contribution is 5.52. The highest BCUT2D eigenvalue weighted by atomic mass is 15.2. The average molecular weight is 267 g/mol. The summed E-state index contributed by atoms with van der Waals surface area (Å²) in [5.74, 6) is 3.13. The van der Waals surface area contributed by atoms with Crippen LogP contribution in [0, 0.1) is 11.8 Å². The molecule has 1 aliphatic heterocycles. The van der Waals surface area contributed by atoms with Crippen LogP contribution in [0.4, 0.5) is 0 Å². The largest absolute Gasteiger partial charge is 0.303 e. The predicted molar refractivity (Wildman–Crippen MR) is 84.0 cm³/mol. The Hall–Kier alpha value is -1.08. The maximum atomic E-state index is 2.72. The summed E-state index contributed by atoms with van der Waals surface area (Å²) in [6.45, 7) is 11.0. The molecule has 1 heterocycles. The fraction of sp³-hybridized carbons (Fsp3) is 0.579. The molecule has 106 valence electrons. The minimum absolute atomic E-state index is 0.697. The van der Waals surface area contributed by atoms with E-state index in [-0.39, 0.29) is 0 Å². The molecule has 1 heteroatoms. The van der Waals surface area contributed by atoms with E-state index in [9.17, 15) is 0 Å². The number of hydrogen-bond donors (Lipinski definition) is 0. The molecule has 0 spiro atoms. The van der Waals surface area contributed by atoms with E-state index in [1.807, 2.05) is 0 Å². The number of nitrogens with zero attached hydrogens (tertiary/aromatic N) is 1. The van der Waals surface area contributed by atoms with Crippen LogP contribution in [0.1, 0.15) is 50.2 Å². The first-order valence-corrected chi connectivity index (χ1v) is 8.20. The van der Waals surface area contributed by atoms with E-state index >= 15 is 0 Å². The molecular formula is C19H25N. The van der Waals surface area contributed by atoms with E-state index in [0.29, 0.717) is 11.8 Å². The van der Waals surface area contributed by atoms with Crippen molar-refractivity contribution in [2.45, 2.75) is 39.0 Å². The predicted octanol–water partition coefficient (Wildman–Crippen LogP) is 4.18. The second-order valence-electron chi connectivity index (χ2n) is 7.04. The summed E-state index contributed by atoms with van der Waals surface area (Å²) >= 11 is 0. The van der Waals surface area contributed by atoms with Gasteiger partial charge in [-0.05, 0) is 49.8 Å². The Labute approximate surface area is 122 Å². The molecule has 1 saturated heterocycles. The fourth-order valence-corrected chi connectivity index (χ4v) is 5.28. The second kappa shape index (κ2) is 4.46. The topological polar surface area (TPSA) is 3.24 Å². The normalized spacial score (nSPS) is 35.4. The highest BCUT2D eigenvalue weighted by Crippen LogP contribution is 2.59. The number of benzene rings is 1. The lowest BCUT2D eigenvalue weighted by Crippen LogP contribution is -2.38. The first-order valence-electron chi connectivity index (χ1n) is 8.20. The van der Waals surface area contributed by atoms with E-state index in [0.717, 1.165) is 11.8 Å².